The Bertz CT molecular complexity index is 742. The molecule has 0 saturated heterocycles. The van der Waals surface area contributed by atoms with Crippen LogP contribution < -0.4 is 0 Å². The highest BCUT2D eigenvalue weighted by molar-refractivity contribution is 7.89. The molecule has 0 aliphatic heterocycles. The van der Waals surface area contributed by atoms with Gasteiger partial charge in [-0.15, -0.1) is 0 Å². The van der Waals surface area contributed by atoms with Gasteiger partial charge in [0.05, 0.1) is 11.8 Å². The summed E-state index contributed by atoms with van der Waals surface area (Å²) in [7, 11) is -3.60. The van der Waals surface area contributed by atoms with Crippen LogP contribution in [0.1, 0.15) is 45.7 Å². The number of carbonyl (C=O) groups is 1. The van der Waals surface area contributed by atoms with Crippen molar-refractivity contribution in [2.24, 2.45) is 0 Å². The predicted molar refractivity (Wildman–Crippen MR) is 91.8 cm³/mol. The van der Waals surface area contributed by atoms with Crippen molar-refractivity contribution >= 4 is 15.8 Å². The van der Waals surface area contributed by atoms with E-state index < -0.39 is 15.9 Å². The number of hydrogen-bond acceptors (Lipinski definition) is 5. The van der Waals surface area contributed by atoms with Crippen LogP contribution in [0.2, 0.25) is 0 Å². The summed E-state index contributed by atoms with van der Waals surface area (Å²) in [6, 6.07) is 4.78. The third-order valence-electron chi connectivity index (χ3n) is 3.69. The highest BCUT2D eigenvalue weighted by atomic mass is 32.2. The first-order valence-electron chi connectivity index (χ1n) is 7.90. The molecule has 0 N–H and O–H groups in total. The van der Waals surface area contributed by atoms with E-state index in [9.17, 15) is 18.5 Å². The molecule has 0 saturated carbocycles. The Hall–Kier alpha value is -2.04. The Labute approximate surface area is 143 Å². The summed E-state index contributed by atoms with van der Waals surface area (Å²) in [5.74, 6) is -1.34. The maximum absolute atomic E-state index is 12.4. The monoisotopic (exact) mass is 349 g/mol. The molecule has 1 unspecified atom stereocenters. The van der Waals surface area contributed by atoms with Crippen LogP contribution in [0.15, 0.2) is 34.9 Å². The second-order valence-corrected chi connectivity index (χ2v) is 7.17. The second kappa shape index (κ2) is 8.71. The van der Waals surface area contributed by atoms with Crippen LogP contribution in [0.25, 0.3) is 0 Å². The zero-order valence-corrected chi connectivity index (χ0v) is 15.3. The van der Waals surface area contributed by atoms with Gasteiger partial charge >= 0.3 is 0 Å². The number of pyridine rings is 1. The molecular formula is C17H23N3O3S. The van der Waals surface area contributed by atoms with Crippen molar-refractivity contribution in [1.82, 2.24) is 9.29 Å². The average Bonchev–Trinajstić information content (AvgIpc) is 2.57. The molecule has 1 atom stereocenters. The Morgan fingerprint density at radius 1 is 1.33 bits per heavy atom. The first-order valence-corrected chi connectivity index (χ1v) is 9.34. The third kappa shape index (κ3) is 4.28. The van der Waals surface area contributed by atoms with Crippen molar-refractivity contribution in [2.75, 3.05) is 13.1 Å². The number of nitriles is 1. The van der Waals surface area contributed by atoms with Gasteiger partial charge in [-0.25, -0.2) is 8.42 Å². The van der Waals surface area contributed by atoms with Crippen molar-refractivity contribution in [2.45, 2.75) is 44.9 Å². The van der Waals surface area contributed by atoms with Gasteiger partial charge < -0.3 is 0 Å². The van der Waals surface area contributed by atoms with E-state index in [2.05, 4.69) is 4.98 Å². The Balaban J connectivity index is 3.17. The van der Waals surface area contributed by atoms with Crippen LogP contribution in [-0.2, 0) is 14.8 Å². The Kier molecular flexibility index (Phi) is 7.26. The van der Waals surface area contributed by atoms with Crippen molar-refractivity contribution in [3.8, 4) is 6.07 Å². The van der Waals surface area contributed by atoms with Gasteiger partial charge in [0.25, 0.3) is 0 Å². The first kappa shape index (κ1) is 20.0. The van der Waals surface area contributed by atoms with Crippen molar-refractivity contribution in [1.29, 1.82) is 5.26 Å². The quantitative estimate of drug-likeness (QED) is 0.673. The van der Waals surface area contributed by atoms with Crippen LogP contribution in [0.5, 0.6) is 0 Å². The van der Waals surface area contributed by atoms with Gasteiger partial charge in [0, 0.05) is 19.3 Å². The smallest absolute Gasteiger partial charge is 0.244 e. The summed E-state index contributed by atoms with van der Waals surface area (Å²) in [5.41, 5.74) is 0.760. The molecule has 0 radical (unpaired) electrons. The van der Waals surface area contributed by atoms with Crippen LogP contribution in [0.4, 0.5) is 0 Å². The van der Waals surface area contributed by atoms with Gasteiger partial charge in [-0.2, -0.15) is 9.57 Å². The van der Waals surface area contributed by atoms with E-state index in [4.69, 9.17) is 0 Å². The van der Waals surface area contributed by atoms with Crippen molar-refractivity contribution in [3.05, 3.63) is 35.7 Å². The van der Waals surface area contributed by atoms with Crippen LogP contribution >= 0.6 is 0 Å². The first-order chi connectivity index (χ1) is 11.3. The molecule has 0 spiro atoms. The SMILES string of the molecule is CC/C=C(\C)C(=O)C(C#N)c1ccc(S(=O)(=O)N(CC)CC)cn1. The number of sulfonamides is 1. The second-order valence-electron chi connectivity index (χ2n) is 5.23. The molecule has 7 heteroatoms. The summed E-state index contributed by atoms with van der Waals surface area (Å²) in [4.78, 5) is 16.4. The fourth-order valence-corrected chi connectivity index (χ4v) is 3.73. The van der Waals surface area contributed by atoms with Gasteiger partial charge in [0.2, 0.25) is 10.0 Å². The van der Waals surface area contributed by atoms with Crippen molar-refractivity contribution in [3.63, 3.8) is 0 Å². The molecule has 1 heterocycles. The van der Waals surface area contributed by atoms with Gasteiger partial charge in [-0.1, -0.05) is 26.8 Å². The van der Waals surface area contributed by atoms with Gasteiger partial charge in [-0.3, -0.25) is 9.78 Å². The minimum atomic E-state index is -3.60. The fourth-order valence-electron chi connectivity index (χ4n) is 2.32. The molecule has 0 bridgehead atoms. The van der Waals surface area contributed by atoms with E-state index in [0.717, 1.165) is 0 Å². The molecule has 1 aromatic heterocycles. The van der Waals surface area contributed by atoms with Crippen molar-refractivity contribution < 1.29 is 13.2 Å². The lowest BCUT2D eigenvalue weighted by molar-refractivity contribution is -0.115. The predicted octanol–water partition coefficient (Wildman–Crippen LogP) is 2.64. The highest BCUT2D eigenvalue weighted by Gasteiger charge is 2.25. The number of hydrogen-bond donors (Lipinski definition) is 0. The van der Waals surface area contributed by atoms with Gasteiger partial charge in [-0.05, 0) is 31.1 Å². The molecule has 0 amide bonds. The average molecular weight is 349 g/mol. The molecule has 0 aliphatic rings. The fraction of sp³-hybridized carbons (Fsp3) is 0.471. The summed E-state index contributed by atoms with van der Waals surface area (Å²) in [6.07, 6.45) is 3.66. The molecule has 0 aromatic carbocycles. The molecule has 1 aromatic rings. The zero-order valence-electron chi connectivity index (χ0n) is 14.5. The van der Waals surface area contributed by atoms with Crippen LogP contribution in [-0.4, -0.2) is 36.6 Å². The third-order valence-corrected chi connectivity index (χ3v) is 5.72. The van der Waals surface area contributed by atoms with Crippen LogP contribution in [0.3, 0.4) is 0 Å². The molecule has 0 fully saturated rings. The Morgan fingerprint density at radius 3 is 2.38 bits per heavy atom. The molecular weight excluding hydrogens is 326 g/mol. The number of allylic oxidation sites excluding steroid dienone is 2. The van der Waals surface area contributed by atoms with Crippen LogP contribution in [0, 0.1) is 11.3 Å². The largest absolute Gasteiger partial charge is 0.293 e. The lowest BCUT2D eigenvalue weighted by Crippen LogP contribution is -2.30. The maximum Gasteiger partial charge on any atom is 0.244 e. The number of ketones is 1. The number of carbonyl (C=O) groups excluding carboxylic acids is 1. The normalized spacial score (nSPS) is 13.6. The molecule has 130 valence electrons. The minimum Gasteiger partial charge on any atom is -0.293 e. The number of aromatic nitrogens is 1. The Morgan fingerprint density at radius 2 is 1.96 bits per heavy atom. The summed E-state index contributed by atoms with van der Waals surface area (Å²) in [5, 5.41) is 9.30. The molecule has 24 heavy (non-hydrogen) atoms. The van der Waals surface area contributed by atoms with Gasteiger partial charge in [0.15, 0.2) is 11.7 Å². The lowest BCUT2D eigenvalue weighted by atomic mass is 9.95. The molecule has 1 rings (SSSR count). The lowest BCUT2D eigenvalue weighted by Gasteiger charge is -2.18. The van der Waals surface area contributed by atoms with E-state index >= 15 is 0 Å². The highest BCUT2D eigenvalue weighted by Crippen LogP contribution is 2.21. The minimum absolute atomic E-state index is 0.0555. The van der Waals surface area contributed by atoms with E-state index in [1.807, 2.05) is 13.0 Å². The number of Topliss-reactive ketones (excluding diaryl/α,β-unsaturated/α-hetero) is 1. The van der Waals surface area contributed by atoms with E-state index in [0.29, 0.717) is 25.1 Å². The zero-order chi connectivity index (χ0) is 18.3. The summed E-state index contributed by atoms with van der Waals surface area (Å²) >= 11 is 0. The summed E-state index contributed by atoms with van der Waals surface area (Å²) in [6.45, 7) is 7.81. The van der Waals surface area contributed by atoms with Gasteiger partial charge in [0.1, 0.15) is 4.90 Å². The molecule has 6 nitrogen and oxygen atoms in total. The topological polar surface area (TPSA) is 91.1 Å². The van der Waals surface area contributed by atoms with E-state index in [-0.39, 0.29) is 16.4 Å². The summed E-state index contributed by atoms with van der Waals surface area (Å²) < 4.78 is 26.2. The van der Waals surface area contributed by atoms with E-state index in [1.54, 1.807) is 26.8 Å². The standard InChI is InChI=1S/C17H23N3O3S/c1-5-8-13(4)17(21)15(11-18)16-10-9-14(12-19-16)24(22,23)20(6-2)7-3/h8-10,12,15H,5-7H2,1-4H3/b13-8+. The van der Waals surface area contributed by atoms with E-state index in [1.165, 1.54) is 22.6 Å². The number of nitrogens with zero attached hydrogens (tertiary/aromatic N) is 3. The maximum atomic E-state index is 12.4. The number of rotatable bonds is 8. The molecule has 0 aliphatic carbocycles.